The van der Waals surface area contributed by atoms with E-state index in [9.17, 15) is 0 Å². The molecule has 0 aliphatic heterocycles. The zero-order valence-electron chi connectivity index (χ0n) is 15.5. The first-order valence-electron chi connectivity index (χ1n) is 10.1. The van der Waals surface area contributed by atoms with Crippen LogP contribution in [0.15, 0.2) is 24.5 Å². The van der Waals surface area contributed by atoms with Crippen molar-refractivity contribution in [3.8, 4) is 0 Å². The predicted octanol–water partition coefficient (Wildman–Crippen LogP) is 4.50. The first-order valence-corrected chi connectivity index (χ1v) is 10.5. The highest BCUT2D eigenvalue weighted by atomic mass is 32.1. The Labute approximate surface area is 158 Å². The average molecular weight is 360 g/mol. The van der Waals surface area contributed by atoms with Gasteiger partial charge in [0.2, 0.25) is 0 Å². The van der Waals surface area contributed by atoms with Crippen LogP contribution in [0.3, 0.4) is 0 Å². The third-order valence-electron chi connectivity index (χ3n) is 6.58. The molecule has 2 fully saturated rings. The standard InChI is InChI=1S/C21H33N3S/c1-16(17-8-3-2-4-9-17)24-19-11-5-6-12-21(19,14-20(22)25)18-10-7-13-23-15-18/h7,10,13,15-17,19,24H,2-6,8-9,11-12,14H2,1H3,(H2,22,25)/t16-,19-,21+/m1/s1. The zero-order chi connectivity index (χ0) is 17.7. The molecule has 3 rings (SSSR count). The lowest BCUT2D eigenvalue weighted by Gasteiger charge is -2.47. The first-order chi connectivity index (χ1) is 12.1. The van der Waals surface area contributed by atoms with Gasteiger partial charge >= 0.3 is 0 Å². The number of nitrogens with two attached hydrogens (primary N) is 1. The van der Waals surface area contributed by atoms with Crippen molar-refractivity contribution >= 4 is 17.2 Å². The fourth-order valence-corrected chi connectivity index (χ4v) is 5.45. The largest absolute Gasteiger partial charge is 0.393 e. The number of thiocarbonyl (C=S) groups is 1. The number of rotatable bonds is 6. The molecule has 4 heteroatoms. The maximum Gasteiger partial charge on any atom is 0.0736 e. The molecule has 1 aromatic heterocycles. The van der Waals surface area contributed by atoms with Crippen molar-refractivity contribution in [2.24, 2.45) is 11.7 Å². The van der Waals surface area contributed by atoms with E-state index in [1.54, 1.807) is 0 Å². The Hall–Kier alpha value is -1.00. The second-order valence-corrected chi connectivity index (χ2v) is 8.72. The monoisotopic (exact) mass is 359 g/mol. The topological polar surface area (TPSA) is 50.9 Å². The molecule has 2 aliphatic carbocycles. The fraction of sp³-hybridized carbons (Fsp3) is 0.714. The Bertz CT molecular complexity index is 556. The molecule has 0 aromatic carbocycles. The van der Waals surface area contributed by atoms with Crippen molar-refractivity contribution in [2.75, 3.05) is 0 Å². The van der Waals surface area contributed by atoms with Crippen LogP contribution >= 0.6 is 12.2 Å². The van der Waals surface area contributed by atoms with E-state index < -0.39 is 0 Å². The molecular weight excluding hydrogens is 326 g/mol. The Morgan fingerprint density at radius 1 is 1.28 bits per heavy atom. The first kappa shape index (κ1) is 18.8. The van der Waals surface area contributed by atoms with Gasteiger partial charge in [0.1, 0.15) is 0 Å². The summed E-state index contributed by atoms with van der Waals surface area (Å²) in [5.41, 5.74) is 7.37. The molecule has 0 radical (unpaired) electrons. The van der Waals surface area contributed by atoms with Crippen LogP contribution in [0.25, 0.3) is 0 Å². The summed E-state index contributed by atoms with van der Waals surface area (Å²) in [5, 5.41) is 4.04. The van der Waals surface area contributed by atoms with Crippen molar-refractivity contribution < 1.29 is 0 Å². The van der Waals surface area contributed by atoms with Crippen LogP contribution in [0.5, 0.6) is 0 Å². The molecule has 0 bridgehead atoms. The third kappa shape index (κ3) is 4.40. The molecule has 1 heterocycles. The molecule has 138 valence electrons. The number of nitrogens with zero attached hydrogens (tertiary/aromatic N) is 1. The maximum absolute atomic E-state index is 6.06. The van der Waals surface area contributed by atoms with Gasteiger partial charge in [-0.15, -0.1) is 0 Å². The van der Waals surface area contributed by atoms with Gasteiger partial charge in [-0.3, -0.25) is 4.98 Å². The maximum atomic E-state index is 6.06. The fourth-order valence-electron chi connectivity index (χ4n) is 5.20. The van der Waals surface area contributed by atoms with Gasteiger partial charge in [-0.05, 0) is 50.2 Å². The third-order valence-corrected chi connectivity index (χ3v) is 6.72. The number of hydrogen-bond acceptors (Lipinski definition) is 3. The molecule has 3 N–H and O–H groups in total. The summed E-state index contributed by atoms with van der Waals surface area (Å²) in [6.45, 7) is 2.39. The number of pyridine rings is 1. The number of nitrogens with one attached hydrogen (secondary N) is 1. The predicted molar refractivity (Wildman–Crippen MR) is 109 cm³/mol. The van der Waals surface area contributed by atoms with E-state index in [0.717, 1.165) is 18.8 Å². The summed E-state index contributed by atoms with van der Waals surface area (Å²) >= 11 is 5.37. The summed E-state index contributed by atoms with van der Waals surface area (Å²) in [4.78, 5) is 5.03. The molecular formula is C21H33N3S. The minimum atomic E-state index is 0.00126. The van der Waals surface area contributed by atoms with Gasteiger partial charge in [-0.2, -0.15) is 0 Å². The molecule has 0 amide bonds. The summed E-state index contributed by atoms with van der Waals surface area (Å²) in [6.07, 6.45) is 16.5. The minimum Gasteiger partial charge on any atom is -0.393 e. The summed E-state index contributed by atoms with van der Waals surface area (Å²) in [6, 6.07) is 5.26. The summed E-state index contributed by atoms with van der Waals surface area (Å²) < 4.78 is 0. The Morgan fingerprint density at radius 3 is 2.72 bits per heavy atom. The number of aromatic nitrogens is 1. The molecule has 25 heavy (non-hydrogen) atoms. The molecule has 2 aliphatic rings. The van der Waals surface area contributed by atoms with E-state index in [4.69, 9.17) is 18.0 Å². The van der Waals surface area contributed by atoms with Gasteiger partial charge in [0.25, 0.3) is 0 Å². The SMILES string of the molecule is C[C@@H](N[C@@H]1CCCC[C@]1(CC(N)=S)c1cccnc1)C1CCCCC1. The Morgan fingerprint density at radius 2 is 2.04 bits per heavy atom. The lowest BCUT2D eigenvalue weighted by molar-refractivity contribution is 0.174. The van der Waals surface area contributed by atoms with Crippen LogP contribution in [0, 0.1) is 5.92 Å². The van der Waals surface area contributed by atoms with Crippen LogP contribution < -0.4 is 11.1 Å². The van der Waals surface area contributed by atoms with Crippen LogP contribution in [-0.4, -0.2) is 22.1 Å². The second kappa shape index (κ2) is 8.59. The molecule has 3 atom stereocenters. The van der Waals surface area contributed by atoms with Crippen molar-refractivity contribution in [1.82, 2.24) is 10.3 Å². The van der Waals surface area contributed by atoms with E-state index in [1.165, 1.54) is 56.9 Å². The normalized spacial score (nSPS) is 29.2. The van der Waals surface area contributed by atoms with Gasteiger partial charge in [0.05, 0.1) is 4.99 Å². The molecule has 2 saturated carbocycles. The molecule has 0 spiro atoms. The Balaban J connectivity index is 1.84. The van der Waals surface area contributed by atoms with Crippen LogP contribution in [0.4, 0.5) is 0 Å². The van der Waals surface area contributed by atoms with E-state index in [2.05, 4.69) is 23.3 Å². The van der Waals surface area contributed by atoms with Gasteiger partial charge in [0, 0.05) is 36.3 Å². The molecule has 1 aromatic rings. The quantitative estimate of drug-likeness (QED) is 0.735. The van der Waals surface area contributed by atoms with Crippen LogP contribution in [-0.2, 0) is 5.41 Å². The highest BCUT2D eigenvalue weighted by molar-refractivity contribution is 7.80. The zero-order valence-corrected chi connectivity index (χ0v) is 16.4. The van der Waals surface area contributed by atoms with Crippen molar-refractivity contribution in [1.29, 1.82) is 0 Å². The van der Waals surface area contributed by atoms with Crippen molar-refractivity contribution in [2.45, 2.75) is 88.6 Å². The van der Waals surface area contributed by atoms with Gasteiger partial charge < -0.3 is 11.1 Å². The Kier molecular flexibility index (Phi) is 6.45. The van der Waals surface area contributed by atoms with Crippen molar-refractivity contribution in [3.05, 3.63) is 30.1 Å². The smallest absolute Gasteiger partial charge is 0.0736 e. The van der Waals surface area contributed by atoms with E-state index in [-0.39, 0.29) is 5.41 Å². The average Bonchev–Trinajstić information content (AvgIpc) is 2.64. The lowest BCUT2D eigenvalue weighted by Crippen LogP contribution is -2.55. The molecule has 0 saturated heterocycles. The summed E-state index contributed by atoms with van der Waals surface area (Å²) in [7, 11) is 0. The highest BCUT2D eigenvalue weighted by Crippen LogP contribution is 2.43. The van der Waals surface area contributed by atoms with Crippen LogP contribution in [0.1, 0.15) is 76.7 Å². The van der Waals surface area contributed by atoms with Crippen molar-refractivity contribution in [3.63, 3.8) is 0 Å². The lowest BCUT2D eigenvalue weighted by atomic mass is 9.64. The summed E-state index contributed by atoms with van der Waals surface area (Å²) in [5.74, 6) is 0.812. The minimum absolute atomic E-state index is 0.00126. The molecule has 0 unspecified atom stereocenters. The van der Waals surface area contributed by atoms with Gasteiger partial charge in [-0.1, -0.05) is 50.4 Å². The van der Waals surface area contributed by atoms with Gasteiger partial charge in [-0.25, -0.2) is 0 Å². The van der Waals surface area contributed by atoms with Gasteiger partial charge in [0.15, 0.2) is 0 Å². The number of hydrogen-bond donors (Lipinski definition) is 2. The van der Waals surface area contributed by atoms with E-state index in [1.807, 2.05) is 18.5 Å². The highest BCUT2D eigenvalue weighted by Gasteiger charge is 2.43. The van der Waals surface area contributed by atoms with E-state index in [0.29, 0.717) is 17.1 Å². The molecule has 3 nitrogen and oxygen atoms in total. The van der Waals surface area contributed by atoms with Crippen LogP contribution in [0.2, 0.25) is 0 Å². The second-order valence-electron chi connectivity index (χ2n) is 8.19. The van der Waals surface area contributed by atoms with E-state index >= 15 is 0 Å².